The van der Waals surface area contributed by atoms with Gasteiger partial charge in [-0.2, -0.15) is 0 Å². The quantitative estimate of drug-likeness (QED) is 0.451. The SMILES string of the molecule is Cc1cc(Cl)cc(C)c1[O-].[Li+]. The molecule has 0 amide bonds. The van der Waals surface area contributed by atoms with E-state index in [9.17, 15) is 5.11 Å². The Balaban J connectivity index is 0.000001000. The largest absolute Gasteiger partial charge is 1.00 e. The molecule has 1 nitrogen and oxygen atoms in total. The van der Waals surface area contributed by atoms with Gasteiger partial charge in [-0.25, -0.2) is 0 Å². The maximum absolute atomic E-state index is 11.1. The number of benzene rings is 1. The Morgan fingerprint density at radius 1 is 1.18 bits per heavy atom. The molecule has 3 heteroatoms. The first-order valence-corrected chi connectivity index (χ1v) is 3.43. The zero-order chi connectivity index (χ0) is 7.72. The Bertz CT molecular complexity index is 237. The Kier molecular flexibility index (Phi) is 4.03. The van der Waals surface area contributed by atoms with Gasteiger partial charge >= 0.3 is 18.9 Å². The van der Waals surface area contributed by atoms with E-state index in [0.717, 1.165) is 0 Å². The fourth-order valence-electron chi connectivity index (χ4n) is 0.897. The molecule has 0 aliphatic carbocycles. The van der Waals surface area contributed by atoms with Gasteiger partial charge in [0.2, 0.25) is 0 Å². The molecule has 0 saturated heterocycles. The van der Waals surface area contributed by atoms with E-state index < -0.39 is 0 Å². The molecule has 0 aliphatic heterocycles. The number of rotatable bonds is 0. The van der Waals surface area contributed by atoms with E-state index in [1.807, 2.05) is 0 Å². The summed E-state index contributed by atoms with van der Waals surface area (Å²) in [5.41, 5.74) is 1.43. The van der Waals surface area contributed by atoms with Crippen LogP contribution in [0.3, 0.4) is 0 Å². The molecular weight excluding hydrogens is 154 g/mol. The molecule has 54 valence electrons. The van der Waals surface area contributed by atoms with Crippen molar-refractivity contribution in [3.05, 3.63) is 28.3 Å². The molecule has 0 unspecified atom stereocenters. The minimum absolute atomic E-state index is 0. The van der Waals surface area contributed by atoms with Crippen molar-refractivity contribution in [1.82, 2.24) is 0 Å². The van der Waals surface area contributed by atoms with Crippen molar-refractivity contribution >= 4 is 11.6 Å². The molecule has 0 saturated carbocycles. The van der Waals surface area contributed by atoms with Crippen molar-refractivity contribution in [2.75, 3.05) is 0 Å². The molecule has 0 spiro atoms. The van der Waals surface area contributed by atoms with Crippen molar-refractivity contribution in [3.63, 3.8) is 0 Å². The summed E-state index contributed by atoms with van der Waals surface area (Å²) in [6.45, 7) is 3.53. The monoisotopic (exact) mass is 162 g/mol. The second kappa shape index (κ2) is 4.06. The first-order chi connectivity index (χ1) is 4.61. The second-order valence-electron chi connectivity index (χ2n) is 2.37. The van der Waals surface area contributed by atoms with Gasteiger partial charge in [-0.15, -0.1) is 5.75 Å². The topological polar surface area (TPSA) is 23.1 Å². The van der Waals surface area contributed by atoms with Gasteiger partial charge in [0, 0.05) is 5.02 Å². The van der Waals surface area contributed by atoms with Crippen LogP contribution in [0.15, 0.2) is 12.1 Å². The third kappa shape index (κ3) is 2.45. The molecular formula is C8H8ClLiO. The molecule has 0 aromatic heterocycles. The summed E-state index contributed by atoms with van der Waals surface area (Å²) in [6.07, 6.45) is 0. The van der Waals surface area contributed by atoms with Crippen LogP contribution in [-0.2, 0) is 0 Å². The van der Waals surface area contributed by atoms with E-state index in [1.54, 1.807) is 26.0 Å². The average molecular weight is 163 g/mol. The summed E-state index contributed by atoms with van der Waals surface area (Å²) in [6, 6.07) is 3.35. The van der Waals surface area contributed by atoms with Crippen molar-refractivity contribution < 1.29 is 24.0 Å². The van der Waals surface area contributed by atoms with Gasteiger partial charge in [0.05, 0.1) is 0 Å². The molecule has 0 radical (unpaired) electrons. The van der Waals surface area contributed by atoms with Crippen molar-refractivity contribution in [3.8, 4) is 5.75 Å². The van der Waals surface area contributed by atoms with Gasteiger partial charge in [0.15, 0.2) is 0 Å². The van der Waals surface area contributed by atoms with E-state index >= 15 is 0 Å². The molecule has 0 N–H and O–H groups in total. The van der Waals surface area contributed by atoms with Gasteiger partial charge in [-0.1, -0.05) is 22.7 Å². The summed E-state index contributed by atoms with van der Waals surface area (Å²) in [4.78, 5) is 0. The van der Waals surface area contributed by atoms with Crippen LogP contribution in [0.25, 0.3) is 0 Å². The maximum atomic E-state index is 11.1. The molecule has 1 rings (SSSR count). The van der Waals surface area contributed by atoms with Crippen LogP contribution in [-0.4, -0.2) is 0 Å². The van der Waals surface area contributed by atoms with Crippen LogP contribution < -0.4 is 24.0 Å². The normalized spacial score (nSPS) is 9.00. The smallest absolute Gasteiger partial charge is 0.872 e. The van der Waals surface area contributed by atoms with Crippen LogP contribution >= 0.6 is 11.6 Å². The third-order valence-corrected chi connectivity index (χ3v) is 1.64. The maximum Gasteiger partial charge on any atom is 1.00 e. The van der Waals surface area contributed by atoms with E-state index in [0.29, 0.717) is 16.1 Å². The summed E-state index contributed by atoms with van der Waals surface area (Å²) in [5.74, 6) is 0.0874. The summed E-state index contributed by atoms with van der Waals surface area (Å²) in [5, 5.41) is 11.7. The van der Waals surface area contributed by atoms with Crippen LogP contribution in [0.1, 0.15) is 11.1 Å². The molecule has 0 aliphatic rings. The molecule has 0 bridgehead atoms. The minimum Gasteiger partial charge on any atom is -0.872 e. The van der Waals surface area contributed by atoms with Crippen molar-refractivity contribution in [1.29, 1.82) is 0 Å². The summed E-state index contributed by atoms with van der Waals surface area (Å²) in [7, 11) is 0. The Morgan fingerprint density at radius 2 is 1.55 bits per heavy atom. The predicted molar refractivity (Wildman–Crippen MR) is 40.4 cm³/mol. The van der Waals surface area contributed by atoms with Crippen LogP contribution in [0.5, 0.6) is 5.75 Å². The van der Waals surface area contributed by atoms with Crippen molar-refractivity contribution in [2.45, 2.75) is 13.8 Å². The standard InChI is InChI=1S/C8H9ClO.Li/c1-5-3-7(9)4-6(2)8(5)10;/h3-4,10H,1-2H3;/q;+1/p-1. The molecule has 0 fully saturated rings. The van der Waals surface area contributed by atoms with Gasteiger partial charge < -0.3 is 5.11 Å². The number of hydrogen-bond donors (Lipinski definition) is 0. The van der Waals surface area contributed by atoms with E-state index in [2.05, 4.69) is 0 Å². The van der Waals surface area contributed by atoms with Crippen LogP contribution in [0, 0.1) is 13.8 Å². The number of hydrogen-bond acceptors (Lipinski definition) is 1. The second-order valence-corrected chi connectivity index (χ2v) is 2.81. The molecule has 0 heterocycles. The molecule has 0 atom stereocenters. The van der Waals surface area contributed by atoms with Crippen LogP contribution in [0.2, 0.25) is 5.02 Å². The zero-order valence-corrected chi connectivity index (χ0v) is 7.70. The molecule has 11 heavy (non-hydrogen) atoms. The molecule has 1 aromatic rings. The van der Waals surface area contributed by atoms with E-state index in [-0.39, 0.29) is 24.6 Å². The minimum atomic E-state index is 0. The van der Waals surface area contributed by atoms with Crippen LogP contribution in [0.4, 0.5) is 0 Å². The fraction of sp³-hybridized carbons (Fsp3) is 0.250. The average Bonchev–Trinajstić information content (AvgIpc) is 1.82. The Hall–Kier alpha value is -0.0926. The van der Waals surface area contributed by atoms with E-state index in [1.165, 1.54) is 0 Å². The number of aryl methyl sites for hydroxylation is 2. The predicted octanol–water partition coefficient (Wildman–Crippen LogP) is -0.966. The summed E-state index contributed by atoms with van der Waals surface area (Å²) >= 11 is 5.68. The van der Waals surface area contributed by atoms with Crippen molar-refractivity contribution in [2.24, 2.45) is 0 Å². The van der Waals surface area contributed by atoms with E-state index in [4.69, 9.17) is 11.6 Å². The summed E-state index contributed by atoms with van der Waals surface area (Å²) < 4.78 is 0. The fourth-order valence-corrected chi connectivity index (χ4v) is 1.22. The van der Waals surface area contributed by atoms with Gasteiger partial charge in [0.25, 0.3) is 0 Å². The zero-order valence-electron chi connectivity index (χ0n) is 6.94. The Labute approximate surface area is 83.6 Å². The molecule has 1 aromatic carbocycles. The Morgan fingerprint density at radius 3 is 1.91 bits per heavy atom. The third-order valence-electron chi connectivity index (χ3n) is 1.43. The first-order valence-electron chi connectivity index (χ1n) is 3.05. The van der Waals surface area contributed by atoms with Gasteiger partial charge in [-0.05, 0) is 26.0 Å². The first kappa shape index (κ1) is 10.9. The number of halogens is 1. The van der Waals surface area contributed by atoms with Gasteiger partial charge in [-0.3, -0.25) is 0 Å². The van der Waals surface area contributed by atoms with Gasteiger partial charge in [0.1, 0.15) is 0 Å².